The number of nitrogens with one attached hydrogen (secondary N) is 1. The van der Waals surface area contributed by atoms with Crippen LogP contribution in [-0.4, -0.2) is 22.8 Å². The van der Waals surface area contributed by atoms with E-state index in [0.29, 0.717) is 11.3 Å². The lowest BCUT2D eigenvalue weighted by Crippen LogP contribution is -2.43. The van der Waals surface area contributed by atoms with Gasteiger partial charge in [0.1, 0.15) is 0 Å². The first kappa shape index (κ1) is 16.8. The maximum Gasteiger partial charge on any atom is 0.0968 e. The van der Waals surface area contributed by atoms with Crippen LogP contribution < -0.4 is 5.32 Å². The van der Waals surface area contributed by atoms with Crippen LogP contribution in [-0.2, 0) is 0 Å². The van der Waals surface area contributed by atoms with Crippen molar-refractivity contribution in [2.24, 2.45) is 11.8 Å². The van der Waals surface area contributed by atoms with Crippen LogP contribution in [0.1, 0.15) is 51.3 Å². The van der Waals surface area contributed by atoms with Crippen LogP contribution in [0.4, 0.5) is 0 Å². The van der Waals surface area contributed by atoms with Gasteiger partial charge in [0.05, 0.1) is 5.03 Å². The molecule has 3 heteroatoms. The summed E-state index contributed by atoms with van der Waals surface area (Å²) < 4.78 is 0. The molecule has 3 unspecified atom stereocenters. The Morgan fingerprint density at radius 2 is 2.05 bits per heavy atom. The van der Waals surface area contributed by atoms with E-state index in [4.69, 9.17) is 4.98 Å². The van der Waals surface area contributed by atoms with E-state index >= 15 is 0 Å². The molecular weight excluding hydrogens is 276 g/mol. The van der Waals surface area contributed by atoms with E-state index < -0.39 is 0 Å². The number of hydrogen-bond acceptors (Lipinski definition) is 3. The number of rotatable bonds is 5. The maximum atomic E-state index is 4.73. The molecule has 3 atom stereocenters. The first-order chi connectivity index (χ1) is 9.99. The largest absolute Gasteiger partial charge is 0.313 e. The standard InChI is InChI=1S/C18H30N2S/c1-6-19-16-8-7-15(12(2)3)11-17(16)21-18-10-13(4)9-14(5)20-18/h9-10,12,15-17,19H,6-8,11H2,1-5H3. The molecule has 118 valence electrons. The van der Waals surface area contributed by atoms with Gasteiger partial charge in [-0.05, 0) is 69.2 Å². The molecule has 2 nitrogen and oxygen atoms in total. The summed E-state index contributed by atoms with van der Waals surface area (Å²) in [5, 5.41) is 5.55. The third-order valence-electron chi connectivity index (χ3n) is 4.59. The summed E-state index contributed by atoms with van der Waals surface area (Å²) in [6, 6.07) is 5.03. The summed E-state index contributed by atoms with van der Waals surface area (Å²) in [4.78, 5) is 4.73. The molecule has 0 aliphatic heterocycles. The lowest BCUT2D eigenvalue weighted by Gasteiger charge is -2.37. The summed E-state index contributed by atoms with van der Waals surface area (Å²) >= 11 is 1.99. The van der Waals surface area contributed by atoms with E-state index in [1.54, 1.807) is 0 Å². The van der Waals surface area contributed by atoms with Crippen LogP contribution >= 0.6 is 11.8 Å². The van der Waals surface area contributed by atoms with Gasteiger partial charge < -0.3 is 5.32 Å². The smallest absolute Gasteiger partial charge is 0.0968 e. The lowest BCUT2D eigenvalue weighted by atomic mass is 9.79. The van der Waals surface area contributed by atoms with Gasteiger partial charge in [-0.25, -0.2) is 4.98 Å². The molecule has 1 aliphatic carbocycles. The molecule has 1 aliphatic rings. The fraction of sp³-hybridized carbons (Fsp3) is 0.722. The van der Waals surface area contributed by atoms with Crippen LogP contribution in [0.5, 0.6) is 0 Å². The van der Waals surface area contributed by atoms with Crippen LogP contribution in [0, 0.1) is 25.7 Å². The lowest BCUT2D eigenvalue weighted by molar-refractivity contribution is 0.247. The predicted molar refractivity (Wildman–Crippen MR) is 93.0 cm³/mol. The van der Waals surface area contributed by atoms with Crippen molar-refractivity contribution in [3.8, 4) is 0 Å². The molecule has 1 aromatic rings. The third-order valence-corrected chi connectivity index (χ3v) is 5.86. The Morgan fingerprint density at radius 3 is 2.67 bits per heavy atom. The number of nitrogens with zero attached hydrogens (tertiary/aromatic N) is 1. The molecule has 1 aromatic heterocycles. The Kier molecular flexibility index (Phi) is 6.12. The minimum absolute atomic E-state index is 0.637. The second-order valence-corrected chi connectivity index (χ2v) is 8.02. The number of thioether (sulfide) groups is 1. The van der Waals surface area contributed by atoms with E-state index in [2.05, 4.69) is 52.1 Å². The number of aromatic nitrogens is 1. The molecule has 0 aromatic carbocycles. The molecular formula is C18H30N2S. The molecule has 0 radical (unpaired) electrons. The third kappa shape index (κ3) is 4.72. The fourth-order valence-corrected chi connectivity index (χ4v) is 4.91. The fourth-order valence-electron chi connectivity index (χ4n) is 3.41. The predicted octanol–water partition coefficient (Wildman–Crippen LogP) is 4.59. The highest BCUT2D eigenvalue weighted by molar-refractivity contribution is 7.99. The van der Waals surface area contributed by atoms with Crippen LogP contribution in [0.15, 0.2) is 17.2 Å². The van der Waals surface area contributed by atoms with Gasteiger partial charge in [-0.15, -0.1) is 11.8 Å². The van der Waals surface area contributed by atoms with Gasteiger partial charge in [-0.1, -0.05) is 20.8 Å². The minimum Gasteiger partial charge on any atom is -0.313 e. The van der Waals surface area contributed by atoms with Crippen LogP contribution in [0.2, 0.25) is 0 Å². The Labute approximate surface area is 134 Å². The Bertz CT molecular complexity index is 438. The zero-order valence-electron chi connectivity index (χ0n) is 14.1. The summed E-state index contributed by atoms with van der Waals surface area (Å²) in [6.45, 7) is 12.3. The van der Waals surface area contributed by atoms with E-state index in [1.165, 1.54) is 29.9 Å². The van der Waals surface area contributed by atoms with E-state index in [0.717, 1.165) is 24.1 Å². The molecule has 0 saturated heterocycles. The van der Waals surface area contributed by atoms with Gasteiger partial charge in [-0.3, -0.25) is 0 Å². The van der Waals surface area contributed by atoms with Crippen molar-refractivity contribution >= 4 is 11.8 Å². The molecule has 21 heavy (non-hydrogen) atoms. The van der Waals surface area contributed by atoms with Crippen LogP contribution in [0.3, 0.4) is 0 Å². The molecule has 0 amide bonds. The van der Waals surface area contributed by atoms with Crippen molar-refractivity contribution in [3.63, 3.8) is 0 Å². The minimum atomic E-state index is 0.637. The van der Waals surface area contributed by atoms with Crippen molar-refractivity contribution in [2.45, 2.75) is 70.2 Å². The van der Waals surface area contributed by atoms with Gasteiger partial charge in [0.2, 0.25) is 0 Å². The average molecular weight is 307 g/mol. The summed E-state index contributed by atoms with van der Waals surface area (Å²) in [7, 11) is 0. The Morgan fingerprint density at radius 1 is 1.29 bits per heavy atom. The molecule has 2 rings (SSSR count). The second kappa shape index (κ2) is 7.64. The molecule has 0 spiro atoms. The van der Waals surface area contributed by atoms with Crippen molar-refractivity contribution in [1.82, 2.24) is 10.3 Å². The molecule has 0 bridgehead atoms. The first-order valence-corrected chi connectivity index (χ1v) is 9.23. The van der Waals surface area contributed by atoms with Gasteiger partial charge in [0.25, 0.3) is 0 Å². The monoisotopic (exact) mass is 306 g/mol. The first-order valence-electron chi connectivity index (χ1n) is 8.35. The van der Waals surface area contributed by atoms with E-state index in [9.17, 15) is 0 Å². The zero-order chi connectivity index (χ0) is 15.4. The second-order valence-electron chi connectivity index (χ2n) is 6.76. The molecule has 1 heterocycles. The highest BCUT2D eigenvalue weighted by Gasteiger charge is 2.32. The van der Waals surface area contributed by atoms with Crippen LogP contribution in [0.25, 0.3) is 0 Å². The summed E-state index contributed by atoms with van der Waals surface area (Å²) in [5.74, 6) is 1.66. The quantitative estimate of drug-likeness (QED) is 0.861. The zero-order valence-corrected chi connectivity index (χ0v) is 15.0. The summed E-state index contributed by atoms with van der Waals surface area (Å²) in [6.07, 6.45) is 3.99. The van der Waals surface area contributed by atoms with Gasteiger partial charge >= 0.3 is 0 Å². The molecule has 1 N–H and O–H groups in total. The number of hydrogen-bond donors (Lipinski definition) is 1. The van der Waals surface area contributed by atoms with E-state index in [-0.39, 0.29) is 0 Å². The highest BCUT2D eigenvalue weighted by atomic mass is 32.2. The van der Waals surface area contributed by atoms with Gasteiger partial charge in [-0.2, -0.15) is 0 Å². The van der Waals surface area contributed by atoms with Crippen molar-refractivity contribution < 1.29 is 0 Å². The van der Waals surface area contributed by atoms with E-state index in [1.807, 2.05) is 11.8 Å². The van der Waals surface area contributed by atoms with Gasteiger partial charge in [0.15, 0.2) is 0 Å². The van der Waals surface area contributed by atoms with Gasteiger partial charge in [0, 0.05) is 17.0 Å². The van der Waals surface area contributed by atoms with Crippen molar-refractivity contribution in [2.75, 3.05) is 6.54 Å². The van der Waals surface area contributed by atoms with Crippen molar-refractivity contribution in [3.05, 3.63) is 23.4 Å². The normalized spacial score (nSPS) is 26.3. The summed E-state index contributed by atoms with van der Waals surface area (Å²) in [5.41, 5.74) is 2.45. The molecule has 1 fully saturated rings. The SMILES string of the molecule is CCNC1CCC(C(C)C)CC1Sc1cc(C)cc(C)n1. The number of aryl methyl sites for hydroxylation is 2. The number of pyridine rings is 1. The topological polar surface area (TPSA) is 24.9 Å². The highest BCUT2D eigenvalue weighted by Crippen LogP contribution is 2.38. The average Bonchev–Trinajstić information content (AvgIpc) is 2.39. The Balaban J connectivity index is 2.11. The maximum absolute atomic E-state index is 4.73. The molecule has 1 saturated carbocycles. The Hall–Kier alpha value is -0.540. The van der Waals surface area contributed by atoms with Crippen molar-refractivity contribution in [1.29, 1.82) is 0 Å².